The van der Waals surface area contributed by atoms with Crippen LogP contribution in [0.25, 0.3) is 0 Å². The van der Waals surface area contributed by atoms with Crippen molar-refractivity contribution in [3.8, 4) is 0 Å². The maximum atomic E-state index is 5.62. The van der Waals surface area contributed by atoms with Crippen LogP contribution in [0.15, 0.2) is 21.7 Å². The van der Waals surface area contributed by atoms with Crippen LogP contribution in [0, 0.1) is 0 Å². The summed E-state index contributed by atoms with van der Waals surface area (Å²) in [6, 6.07) is 0. The highest BCUT2D eigenvalue weighted by atomic mass is 35.5. The molecule has 0 unspecified atom stereocenters. The Morgan fingerprint density at radius 2 is 1.83 bits per heavy atom. The van der Waals surface area contributed by atoms with Crippen LogP contribution in [0.1, 0.15) is 39.0 Å². The highest BCUT2D eigenvalue weighted by Gasteiger charge is 2.05. The first kappa shape index (κ1) is 10.1. The topological polar surface area (TPSA) is 0 Å². The number of hydrogen-bond donors (Lipinski definition) is 0. The van der Waals surface area contributed by atoms with Crippen molar-refractivity contribution in [2.45, 2.75) is 39.0 Å². The predicted octanol–water partition coefficient (Wildman–Crippen LogP) is 4.59. The van der Waals surface area contributed by atoms with Crippen molar-refractivity contribution in [3.63, 3.8) is 0 Å². The maximum Gasteiger partial charge on any atom is 0.107 e. The fraction of sp³-hybridized carbons (Fsp3) is 0.600. The minimum Gasteiger partial charge on any atom is -0.0709 e. The fourth-order valence-electron chi connectivity index (χ4n) is 1.58. The quantitative estimate of drug-likeness (QED) is 0.587. The SMILES string of the molecule is CC1=C(C=C(Cl)Cl)CCCCC1. The second-order valence-electron chi connectivity index (χ2n) is 3.30. The van der Waals surface area contributed by atoms with Gasteiger partial charge in [0.15, 0.2) is 0 Å². The smallest absolute Gasteiger partial charge is 0.0709 e. The Morgan fingerprint density at radius 3 is 2.50 bits per heavy atom. The van der Waals surface area contributed by atoms with Gasteiger partial charge in [-0.25, -0.2) is 0 Å². The summed E-state index contributed by atoms with van der Waals surface area (Å²) < 4.78 is 0.381. The molecule has 0 nitrogen and oxygen atoms in total. The van der Waals surface area contributed by atoms with Crippen molar-refractivity contribution in [1.29, 1.82) is 0 Å². The van der Waals surface area contributed by atoms with Crippen molar-refractivity contribution >= 4 is 23.2 Å². The lowest BCUT2D eigenvalue weighted by atomic mass is 10.1. The van der Waals surface area contributed by atoms with Gasteiger partial charge in [0.2, 0.25) is 0 Å². The van der Waals surface area contributed by atoms with E-state index in [-0.39, 0.29) is 0 Å². The molecule has 0 spiro atoms. The summed E-state index contributed by atoms with van der Waals surface area (Å²) in [6.45, 7) is 2.17. The molecule has 0 heterocycles. The molecule has 0 fully saturated rings. The van der Waals surface area contributed by atoms with E-state index in [2.05, 4.69) is 6.92 Å². The standard InChI is InChI=1S/C10H14Cl2/c1-8-5-3-2-4-6-9(8)7-10(11)12/h7H,2-6H2,1H3. The Hall–Kier alpha value is 0.0600. The molecule has 1 aliphatic rings. The van der Waals surface area contributed by atoms with Gasteiger partial charge in [-0.05, 0) is 44.3 Å². The van der Waals surface area contributed by atoms with Gasteiger partial charge in [0.1, 0.15) is 4.49 Å². The van der Waals surface area contributed by atoms with Crippen LogP contribution in [0.2, 0.25) is 0 Å². The second-order valence-corrected chi connectivity index (χ2v) is 4.31. The van der Waals surface area contributed by atoms with Gasteiger partial charge in [-0.1, -0.05) is 35.2 Å². The van der Waals surface area contributed by atoms with E-state index in [0.29, 0.717) is 4.49 Å². The van der Waals surface area contributed by atoms with Crippen molar-refractivity contribution < 1.29 is 0 Å². The molecule has 0 aromatic heterocycles. The van der Waals surface area contributed by atoms with Gasteiger partial charge in [-0.2, -0.15) is 0 Å². The molecule has 0 atom stereocenters. The van der Waals surface area contributed by atoms with Gasteiger partial charge in [-0.15, -0.1) is 0 Å². The Bertz CT molecular complexity index is 210. The maximum absolute atomic E-state index is 5.62. The molecule has 68 valence electrons. The van der Waals surface area contributed by atoms with E-state index >= 15 is 0 Å². The van der Waals surface area contributed by atoms with Gasteiger partial charge in [0.25, 0.3) is 0 Å². The van der Waals surface area contributed by atoms with E-state index in [4.69, 9.17) is 23.2 Å². The molecular formula is C10H14Cl2. The lowest BCUT2D eigenvalue weighted by Crippen LogP contribution is -1.82. The molecule has 0 aliphatic heterocycles. The molecule has 2 heteroatoms. The zero-order valence-electron chi connectivity index (χ0n) is 7.37. The van der Waals surface area contributed by atoms with Crippen LogP contribution in [0.5, 0.6) is 0 Å². The first-order chi connectivity index (χ1) is 5.70. The van der Waals surface area contributed by atoms with Crippen LogP contribution in [0.4, 0.5) is 0 Å². The Morgan fingerprint density at radius 1 is 1.17 bits per heavy atom. The minimum absolute atomic E-state index is 0.381. The third kappa shape index (κ3) is 3.20. The van der Waals surface area contributed by atoms with E-state index in [1.807, 2.05) is 6.08 Å². The van der Waals surface area contributed by atoms with E-state index in [1.54, 1.807) is 0 Å². The van der Waals surface area contributed by atoms with Gasteiger partial charge < -0.3 is 0 Å². The highest BCUT2D eigenvalue weighted by molar-refractivity contribution is 6.56. The molecule has 12 heavy (non-hydrogen) atoms. The van der Waals surface area contributed by atoms with E-state index in [9.17, 15) is 0 Å². The summed E-state index contributed by atoms with van der Waals surface area (Å²) in [5.74, 6) is 0. The van der Waals surface area contributed by atoms with Gasteiger partial charge in [0, 0.05) is 0 Å². The Balaban J connectivity index is 2.75. The minimum atomic E-state index is 0.381. The molecule has 1 aliphatic carbocycles. The lowest BCUT2D eigenvalue weighted by molar-refractivity contribution is 0.708. The van der Waals surface area contributed by atoms with E-state index < -0.39 is 0 Å². The second kappa shape index (κ2) is 4.94. The molecule has 0 aromatic carbocycles. The average Bonchev–Trinajstić information content (AvgIpc) is 2.16. The zero-order chi connectivity index (χ0) is 8.97. The molecule has 0 saturated carbocycles. The summed E-state index contributed by atoms with van der Waals surface area (Å²) >= 11 is 11.2. The third-order valence-corrected chi connectivity index (χ3v) is 2.55. The van der Waals surface area contributed by atoms with Crippen LogP contribution in [0.3, 0.4) is 0 Å². The van der Waals surface area contributed by atoms with Crippen molar-refractivity contribution in [2.24, 2.45) is 0 Å². The molecule has 0 saturated heterocycles. The van der Waals surface area contributed by atoms with Gasteiger partial charge in [0.05, 0.1) is 0 Å². The summed E-state index contributed by atoms with van der Waals surface area (Å²) in [5, 5.41) is 0. The lowest BCUT2D eigenvalue weighted by Gasteiger charge is -2.02. The molecule has 0 aromatic rings. The molecular weight excluding hydrogens is 191 g/mol. The van der Waals surface area contributed by atoms with E-state index in [0.717, 1.165) is 6.42 Å². The van der Waals surface area contributed by atoms with Crippen LogP contribution in [-0.2, 0) is 0 Å². The first-order valence-electron chi connectivity index (χ1n) is 4.41. The average molecular weight is 205 g/mol. The number of hydrogen-bond acceptors (Lipinski definition) is 0. The molecule has 1 rings (SSSR count). The Labute approximate surface area is 84.2 Å². The Kier molecular flexibility index (Phi) is 4.17. The molecule has 0 N–H and O–H groups in total. The van der Waals surface area contributed by atoms with Crippen molar-refractivity contribution in [2.75, 3.05) is 0 Å². The van der Waals surface area contributed by atoms with Crippen LogP contribution < -0.4 is 0 Å². The zero-order valence-corrected chi connectivity index (χ0v) is 8.88. The summed E-state index contributed by atoms with van der Waals surface area (Å²) in [6.07, 6.45) is 8.13. The third-order valence-electron chi connectivity index (χ3n) is 2.33. The largest absolute Gasteiger partial charge is 0.107 e. The monoisotopic (exact) mass is 204 g/mol. The van der Waals surface area contributed by atoms with Crippen molar-refractivity contribution in [3.05, 3.63) is 21.7 Å². The summed E-state index contributed by atoms with van der Waals surface area (Å²) in [4.78, 5) is 0. The van der Waals surface area contributed by atoms with Crippen LogP contribution >= 0.6 is 23.2 Å². The fourth-order valence-corrected chi connectivity index (χ4v) is 1.85. The number of rotatable bonds is 1. The van der Waals surface area contributed by atoms with Crippen LogP contribution in [-0.4, -0.2) is 0 Å². The van der Waals surface area contributed by atoms with Gasteiger partial charge >= 0.3 is 0 Å². The molecule has 0 radical (unpaired) electrons. The van der Waals surface area contributed by atoms with Gasteiger partial charge in [-0.3, -0.25) is 0 Å². The predicted molar refractivity (Wildman–Crippen MR) is 55.6 cm³/mol. The molecule has 0 amide bonds. The number of allylic oxidation sites excluding steroid dienone is 3. The molecule has 0 bridgehead atoms. The number of halogens is 2. The summed E-state index contributed by atoms with van der Waals surface area (Å²) in [5.41, 5.74) is 2.79. The summed E-state index contributed by atoms with van der Waals surface area (Å²) in [7, 11) is 0. The van der Waals surface area contributed by atoms with E-state index in [1.165, 1.54) is 36.8 Å². The normalized spacial score (nSPS) is 18.9. The highest BCUT2D eigenvalue weighted by Crippen LogP contribution is 2.26. The first-order valence-corrected chi connectivity index (χ1v) is 5.17. The van der Waals surface area contributed by atoms with Crippen molar-refractivity contribution in [1.82, 2.24) is 0 Å².